The molecule has 0 amide bonds. The predicted molar refractivity (Wildman–Crippen MR) is 76.4 cm³/mol. The topological polar surface area (TPSA) is 0 Å². The molecule has 0 fully saturated rings. The zero-order valence-electron chi connectivity index (χ0n) is 12.5. The Balaban J connectivity index is 0.000000203. The summed E-state index contributed by atoms with van der Waals surface area (Å²) in [7, 11) is 0. The summed E-state index contributed by atoms with van der Waals surface area (Å²) in [5.74, 6) is 0. The van der Waals surface area contributed by atoms with Crippen molar-refractivity contribution in [1.82, 2.24) is 0 Å². The van der Waals surface area contributed by atoms with Gasteiger partial charge < -0.3 is 0 Å². The Bertz CT molecular complexity index is 339. The van der Waals surface area contributed by atoms with Crippen LogP contribution < -0.4 is 0 Å². The Morgan fingerprint density at radius 3 is 1.61 bits per heavy atom. The van der Waals surface area contributed by atoms with Crippen molar-refractivity contribution in [3.05, 3.63) is 43.0 Å². The van der Waals surface area contributed by atoms with Crippen LogP contribution in [0.5, 0.6) is 0 Å². The molecule has 18 heavy (non-hydrogen) atoms. The predicted octanol–water partition coefficient (Wildman–Crippen LogP) is 5.87. The summed E-state index contributed by atoms with van der Waals surface area (Å²) >= 11 is -1.67. The molecule has 0 aliphatic heterocycles. The third-order valence-corrected chi connectivity index (χ3v) is 19.3. The van der Waals surface area contributed by atoms with Crippen molar-refractivity contribution >= 4 is 0 Å². The molecule has 0 heterocycles. The Morgan fingerprint density at radius 1 is 0.944 bits per heavy atom. The number of allylic oxidation sites excluding steroid dienone is 8. The fourth-order valence-electron chi connectivity index (χ4n) is 1.64. The summed E-state index contributed by atoms with van der Waals surface area (Å²) in [5.41, 5.74) is 5.03. The molecule has 0 radical (unpaired) electrons. The third-order valence-electron chi connectivity index (χ3n) is 4.57. The first-order valence-corrected chi connectivity index (χ1v) is 20.4. The van der Waals surface area contributed by atoms with Gasteiger partial charge in [-0.3, -0.25) is 0 Å². The molecule has 2 aliphatic carbocycles. The van der Waals surface area contributed by atoms with E-state index < -0.39 is 14.8 Å². The van der Waals surface area contributed by atoms with Crippen molar-refractivity contribution in [2.24, 2.45) is 0 Å². The molecule has 0 N–H and O–H groups in total. The van der Waals surface area contributed by atoms with Gasteiger partial charge in [-0.25, -0.2) is 0 Å². The summed E-state index contributed by atoms with van der Waals surface area (Å²) in [6.45, 7) is 4.67. The van der Waals surface area contributed by atoms with E-state index in [2.05, 4.69) is 61.3 Å². The van der Waals surface area contributed by atoms with Crippen LogP contribution in [0.25, 0.3) is 0 Å². The minimum absolute atomic E-state index is 0.312. The molecule has 0 saturated heterocycles. The standard InChI is InChI=1S/2C5H5.2C2H5.2CH3.Zn.Zr/c2*1-2-4-5-3-1;2*1-2;;;;/h2*1-3H,4H2;2*1H2,2H3;2*1H3;;. The van der Waals surface area contributed by atoms with E-state index in [0.717, 1.165) is 0 Å². The zero-order valence-corrected chi connectivity index (χ0v) is 17.9. The second-order valence-corrected chi connectivity index (χ2v) is 27.6. The van der Waals surface area contributed by atoms with Gasteiger partial charge in [0.05, 0.1) is 0 Å². The van der Waals surface area contributed by atoms with Gasteiger partial charge in [-0.05, 0) is 0 Å². The van der Waals surface area contributed by atoms with E-state index in [9.17, 15) is 0 Å². The molecule has 2 rings (SSSR count). The van der Waals surface area contributed by atoms with Crippen molar-refractivity contribution in [1.29, 1.82) is 0 Å². The van der Waals surface area contributed by atoms with Crippen LogP contribution in [0.15, 0.2) is 43.0 Å². The second kappa shape index (κ2) is 8.60. The van der Waals surface area contributed by atoms with Crippen LogP contribution in [0, 0.1) is 0 Å². The normalized spacial score (nSPS) is 16.2. The van der Waals surface area contributed by atoms with E-state index in [0.29, 0.717) is 0 Å². The van der Waals surface area contributed by atoms with Crippen molar-refractivity contribution in [3.8, 4) is 0 Å². The molecule has 2 heteroatoms. The van der Waals surface area contributed by atoms with Crippen LogP contribution in [0.4, 0.5) is 0 Å². The van der Waals surface area contributed by atoms with Gasteiger partial charge in [0.15, 0.2) is 0 Å². The SMILES string of the molecule is C1=CC[C]([Zr][C]2=CC=CC2)=C1.C[CH2][Zn]([CH3])([CH3])[CH2]C. The van der Waals surface area contributed by atoms with Gasteiger partial charge >= 0.3 is 129 Å². The van der Waals surface area contributed by atoms with Gasteiger partial charge in [0.25, 0.3) is 0 Å². The van der Waals surface area contributed by atoms with Crippen LogP contribution >= 0.6 is 0 Å². The molecule has 0 unspecified atom stereocenters. The van der Waals surface area contributed by atoms with E-state index in [1.807, 2.05) is 0 Å². The molecule has 0 aromatic rings. The Labute approximate surface area is 128 Å². The van der Waals surface area contributed by atoms with Gasteiger partial charge in [0.2, 0.25) is 0 Å². The summed E-state index contributed by atoms with van der Waals surface area (Å²) in [4.78, 5) is 0. The van der Waals surface area contributed by atoms with Crippen LogP contribution in [0.2, 0.25) is 21.1 Å². The summed E-state index contributed by atoms with van der Waals surface area (Å²) < 4.78 is 3.45. The maximum absolute atomic E-state index is 2.52. The molecule has 0 aromatic carbocycles. The molecule has 0 saturated carbocycles. The molecule has 0 spiro atoms. The van der Waals surface area contributed by atoms with Crippen LogP contribution in [-0.2, 0) is 38.0 Å². The van der Waals surface area contributed by atoms with Crippen LogP contribution in [0.1, 0.15) is 26.7 Å². The number of hydrogen-bond acceptors (Lipinski definition) is 0. The molecular formula is C16H26ZnZr. The summed E-state index contributed by atoms with van der Waals surface area (Å²) in [5, 5.41) is 3.03. The van der Waals surface area contributed by atoms with E-state index in [4.69, 9.17) is 0 Å². The average Bonchev–Trinajstić information content (AvgIpc) is 3.04. The Morgan fingerprint density at radius 2 is 1.39 bits per heavy atom. The molecule has 0 nitrogen and oxygen atoms in total. The number of hydrogen-bond donors (Lipinski definition) is 0. The van der Waals surface area contributed by atoms with Crippen molar-refractivity contribution in [3.63, 3.8) is 0 Å². The first-order chi connectivity index (χ1) is 8.57. The Kier molecular flexibility index (Phi) is 7.89. The quantitative estimate of drug-likeness (QED) is 0.540. The van der Waals surface area contributed by atoms with Crippen LogP contribution in [0.3, 0.4) is 0 Å². The molecule has 96 valence electrons. The zero-order chi connectivity index (χ0) is 13.4. The summed E-state index contributed by atoms with van der Waals surface area (Å²) in [6, 6.07) is 0. The van der Waals surface area contributed by atoms with Gasteiger partial charge in [0, 0.05) is 0 Å². The van der Waals surface area contributed by atoms with E-state index in [1.54, 1.807) is 6.56 Å². The summed E-state index contributed by atoms with van der Waals surface area (Å²) in [6.07, 6.45) is 16.0. The van der Waals surface area contributed by atoms with E-state index in [-0.39, 0.29) is 23.2 Å². The number of rotatable bonds is 4. The average molecular weight is 375 g/mol. The first-order valence-electron chi connectivity index (χ1n) is 7.76. The second-order valence-electron chi connectivity index (χ2n) is 6.83. The maximum atomic E-state index is 2.52. The fourth-order valence-corrected chi connectivity index (χ4v) is 6.10. The van der Waals surface area contributed by atoms with Gasteiger partial charge in [-0.1, -0.05) is 0 Å². The van der Waals surface area contributed by atoms with E-state index >= 15 is 0 Å². The molecule has 0 bridgehead atoms. The van der Waals surface area contributed by atoms with Crippen molar-refractivity contribution in [2.75, 3.05) is 0 Å². The Hall–Kier alpha value is 0.466. The van der Waals surface area contributed by atoms with Crippen LogP contribution in [-0.4, -0.2) is 0 Å². The first kappa shape index (κ1) is 16.5. The van der Waals surface area contributed by atoms with Crippen molar-refractivity contribution in [2.45, 2.75) is 47.8 Å². The molecular weight excluding hydrogens is 349 g/mol. The monoisotopic (exact) mass is 372 g/mol. The van der Waals surface area contributed by atoms with Gasteiger partial charge in [0.1, 0.15) is 0 Å². The van der Waals surface area contributed by atoms with Crippen molar-refractivity contribution < 1.29 is 38.0 Å². The molecule has 0 atom stereocenters. The van der Waals surface area contributed by atoms with E-state index in [1.165, 1.54) is 22.9 Å². The minimum atomic E-state index is -1.36. The van der Waals surface area contributed by atoms with Gasteiger partial charge in [-0.15, -0.1) is 0 Å². The van der Waals surface area contributed by atoms with Gasteiger partial charge in [-0.2, -0.15) is 0 Å². The fraction of sp³-hybridized carbons (Fsp3) is 0.500. The third kappa shape index (κ3) is 6.58. The molecule has 0 aromatic heterocycles. The molecule has 2 aliphatic rings.